The van der Waals surface area contributed by atoms with E-state index in [4.69, 9.17) is 4.74 Å². The van der Waals surface area contributed by atoms with Crippen LogP contribution in [0.5, 0.6) is 11.5 Å². The number of aliphatic hydroxyl groups excluding tert-OH is 1. The summed E-state index contributed by atoms with van der Waals surface area (Å²) in [6, 6.07) is 14.4. The monoisotopic (exact) mass is 470 g/mol. The Morgan fingerprint density at radius 3 is 2.74 bits per heavy atom. The highest BCUT2D eigenvalue weighted by Gasteiger charge is 2.12. The van der Waals surface area contributed by atoms with Crippen LogP contribution >= 0.6 is 0 Å². The minimum atomic E-state index is -0.962. The van der Waals surface area contributed by atoms with Crippen molar-refractivity contribution in [1.29, 1.82) is 0 Å². The van der Waals surface area contributed by atoms with Gasteiger partial charge < -0.3 is 20.3 Å². The van der Waals surface area contributed by atoms with E-state index in [1.54, 1.807) is 12.1 Å². The van der Waals surface area contributed by atoms with Gasteiger partial charge in [-0.05, 0) is 67.7 Å². The van der Waals surface area contributed by atoms with Crippen LogP contribution in [0.4, 0.5) is 0 Å². The Kier molecular flexibility index (Phi) is 10.1. The SMILES string of the molecule is O=[N+]([O-])CC(=NCC(O)c1cccc(O)c1)NCCCOc1cccc(CN2CCCCC2)c1. The molecule has 0 amide bonds. The summed E-state index contributed by atoms with van der Waals surface area (Å²) in [6.07, 6.45) is 3.53. The van der Waals surface area contributed by atoms with E-state index in [2.05, 4.69) is 27.3 Å². The molecule has 2 aromatic rings. The Morgan fingerprint density at radius 1 is 1.18 bits per heavy atom. The van der Waals surface area contributed by atoms with Crippen LogP contribution in [0.2, 0.25) is 0 Å². The number of hydrogen-bond donors (Lipinski definition) is 3. The van der Waals surface area contributed by atoms with Crippen molar-refractivity contribution in [2.24, 2.45) is 4.99 Å². The third-order valence-electron chi connectivity index (χ3n) is 5.66. The molecule has 3 rings (SSSR count). The van der Waals surface area contributed by atoms with Crippen LogP contribution in [-0.2, 0) is 6.54 Å². The second-order valence-electron chi connectivity index (χ2n) is 8.50. The number of aliphatic hydroxyl groups is 1. The number of aliphatic imine (C=N–C) groups is 1. The Hall–Kier alpha value is -3.17. The van der Waals surface area contributed by atoms with Crippen LogP contribution < -0.4 is 10.1 Å². The fraction of sp³-hybridized carbons (Fsp3) is 0.480. The highest BCUT2D eigenvalue weighted by molar-refractivity contribution is 5.83. The number of aromatic hydroxyl groups is 1. The van der Waals surface area contributed by atoms with Gasteiger partial charge in [-0.15, -0.1) is 0 Å². The van der Waals surface area contributed by atoms with E-state index in [0.717, 1.165) is 25.4 Å². The zero-order chi connectivity index (χ0) is 24.2. The van der Waals surface area contributed by atoms with E-state index in [-0.39, 0.29) is 18.1 Å². The van der Waals surface area contributed by atoms with E-state index in [9.17, 15) is 20.3 Å². The molecule has 1 heterocycles. The van der Waals surface area contributed by atoms with Crippen LogP contribution in [-0.4, -0.2) is 65.2 Å². The van der Waals surface area contributed by atoms with Crippen molar-refractivity contribution >= 4 is 5.84 Å². The molecule has 1 saturated heterocycles. The van der Waals surface area contributed by atoms with Crippen molar-refractivity contribution in [3.8, 4) is 11.5 Å². The van der Waals surface area contributed by atoms with Crippen LogP contribution in [0.3, 0.4) is 0 Å². The summed E-state index contributed by atoms with van der Waals surface area (Å²) in [5.41, 5.74) is 1.74. The maximum absolute atomic E-state index is 11.0. The van der Waals surface area contributed by atoms with Crippen molar-refractivity contribution in [3.05, 3.63) is 69.8 Å². The van der Waals surface area contributed by atoms with Gasteiger partial charge in [0.05, 0.1) is 19.3 Å². The average Bonchev–Trinajstić information content (AvgIpc) is 2.82. The van der Waals surface area contributed by atoms with Gasteiger partial charge in [0.2, 0.25) is 0 Å². The summed E-state index contributed by atoms with van der Waals surface area (Å²) >= 11 is 0. The van der Waals surface area contributed by atoms with E-state index < -0.39 is 17.6 Å². The Bertz CT molecular complexity index is 946. The number of phenols is 1. The first-order valence-corrected chi connectivity index (χ1v) is 11.8. The van der Waals surface area contributed by atoms with Crippen LogP contribution in [0.25, 0.3) is 0 Å². The molecule has 184 valence electrons. The van der Waals surface area contributed by atoms with Gasteiger partial charge in [-0.25, -0.2) is 0 Å². The second-order valence-corrected chi connectivity index (χ2v) is 8.50. The van der Waals surface area contributed by atoms with Gasteiger partial charge in [-0.1, -0.05) is 30.7 Å². The van der Waals surface area contributed by atoms with Gasteiger partial charge in [0.1, 0.15) is 11.5 Å². The number of likely N-dealkylation sites (tertiary alicyclic amines) is 1. The maximum Gasteiger partial charge on any atom is 0.259 e. The highest BCUT2D eigenvalue weighted by atomic mass is 16.6. The number of ether oxygens (including phenoxy) is 1. The molecule has 0 radical (unpaired) electrons. The van der Waals surface area contributed by atoms with Gasteiger partial charge in [0.25, 0.3) is 6.54 Å². The molecule has 0 bridgehead atoms. The molecule has 2 aromatic carbocycles. The van der Waals surface area contributed by atoms with E-state index in [0.29, 0.717) is 25.1 Å². The van der Waals surface area contributed by atoms with Crippen molar-refractivity contribution in [1.82, 2.24) is 10.2 Å². The molecular formula is C25H34N4O5. The van der Waals surface area contributed by atoms with Gasteiger partial charge in [0.15, 0.2) is 5.84 Å². The molecule has 0 spiro atoms. The fourth-order valence-electron chi connectivity index (χ4n) is 3.92. The smallest absolute Gasteiger partial charge is 0.259 e. The largest absolute Gasteiger partial charge is 0.508 e. The Morgan fingerprint density at radius 2 is 1.97 bits per heavy atom. The zero-order valence-corrected chi connectivity index (χ0v) is 19.4. The molecule has 9 nitrogen and oxygen atoms in total. The van der Waals surface area contributed by atoms with Crippen molar-refractivity contribution in [2.45, 2.75) is 38.3 Å². The lowest BCUT2D eigenvalue weighted by atomic mass is 10.1. The quantitative estimate of drug-likeness (QED) is 0.143. The number of benzene rings is 2. The summed E-state index contributed by atoms with van der Waals surface area (Å²) in [4.78, 5) is 17.2. The van der Waals surface area contributed by atoms with E-state index >= 15 is 0 Å². The normalized spacial score (nSPS) is 15.6. The molecule has 1 aliphatic rings. The summed E-state index contributed by atoms with van der Waals surface area (Å²) < 4.78 is 5.87. The molecular weight excluding hydrogens is 436 g/mol. The molecule has 1 aliphatic heterocycles. The molecule has 0 saturated carbocycles. The minimum Gasteiger partial charge on any atom is -0.508 e. The third kappa shape index (κ3) is 8.99. The number of phenolic OH excluding ortho intramolecular Hbond substituents is 1. The molecule has 9 heteroatoms. The molecule has 0 aromatic heterocycles. The number of nitrogens with zero attached hydrogens (tertiary/aromatic N) is 3. The lowest BCUT2D eigenvalue weighted by molar-refractivity contribution is -0.463. The van der Waals surface area contributed by atoms with Crippen molar-refractivity contribution in [3.63, 3.8) is 0 Å². The number of amidine groups is 1. The average molecular weight is 471 g/mol. The molecule has 1 atom stereocenters. The maximum atomic E-state index is 11.0. The third-order valence-corrected chi connectivity index (χ3v) is 5.66. The number of piperidine rings is 1. The summed E-state index contributed by atoms with van der Waals surface area (Å²) in [5, 5.41) is 33.7. The standard InChI is InChI=1S/C25H34N4O5/c30-22-9-5-8-21(16-22)24(31)17-27-25(19-29(32)33)26-11-6-14-34-23-10-4-7-20(15-23)18-28-12-2-1-3-13-28/h4-5,7-10,15-16,24,30-31H,1-3,6,11-14,17-19H2,(H,26,27). The van der Waals surface area contributed by atoms with Gasteiger partial charge in [-0.2, -0.15) is 0 Å². The second kappa shape index (κ2) is 13.5. The van der Waals surface area contributed by atoms with Gasteiger partial charge in [0, 0.05) is 18.0 Å². The minimum absolute atomic E-state index is 0.0417. The molecule has 34 heavy (non-hydrogen) atoms. The lowest BCUT2D eigenvalue weighted by Gasteiger charge is -2.26. The molecule has 1 fully saturated rings. The van der Waals surface area contributed by atoms with Gasteiger partial charge in [-0.3, -0.25) is 20.0 Å². The lowest BCUT2D eigenvalue weighted by Crippen LogP contribution is -2.32. The van der Waals surface area contributed by atoms with Crippen LogP contribution in [0, 0.1) is 10.1 Å². The topological polar surface area (TPSA) is 120 Å². The van der Waals surface area contributed by atoms with Gasteiger partial charge >= 0.3 is 0 Å². The molecule has 1 unspecified atom stereocenters. The first-order valence-electron chi connectivity index (χ1n) is 11.8. The van der Waals surface area contributed by atoms with Crippen LogP contribution in [0.15, 0.2) is 53.5 Å². The summed E-state index contributed by atoms with van der Waals surface area (Å²) in [7, 11) is 0. The molecule has 3 N–H and O–H groups in total. The van der Waals surface area contributed by atoms with E-state index in [1.165, 1.54) is 37.0 Å². The van der Waals surface area contributed by atoms with Crippen LogP contribution in [0.1, 0.15) is 42.9 Å². The first-order chi connectivity index (χ1) is 16.5. The Balaban J connectivity index is 1.42. The van der Waals surface area contributed by atoms with Crippen molar-refractivity contribution in [2.75, 3.05) is 39.3 Å². The predicted molar refractivity (Wildman–Crippen MR) is 131 cm³/mol. The van der Waals surface area contributed by atoms with E-state index in [1.807, 2.05) is 12.1 Å². The number of rotatable bonds is 12. The number of nitro groups is 1. The molecule has 0 aliphatic carbocycles. The number of nitrogens with one attached hydrogen (secondary N) is 1. The predicted octanol–water partition coefficient (Wildman–Crippen LogP) is 3.15. The highest BCUT2D eigenvalue weighted by Crippen LogP contribution is 2.19. The summed E-state index contributed by atoms with van der Waals surface area (Å²) in [5.74, 6) is 1.07. The summed E-state index contributed by atoms with van der Waals surface area (Å²) in [6.45, 7) is 3.67. The first kappa shape index (κ1) is 25.5. The van der Waals surface area contributed by atoms with Crippen molar-refractivity contribution < 1.29 is 19.9 Å². The zero-order valence-electron chi connectivity index (χ0n) is 19.4. The number of hydrogen-bond acceptors (Lipinski definition) is 7. The Labute approximate surface area is 200 Å². The fourth-order valence-corrected chi connectivity index (χ4v) is 3.92.